The molecule has 0 saturated carbocycles. The number of ether oxygens (including phenoxy) is 1. The van der Waals surface area contributed by atoms with Gasteiger partial charge in [0.15, 0.2) is 10.9 Å². The summed E-state index contributed by atoms with van der Waals surface area (Å²) < 4.78 is 12.9. The highest BCUT2D eigenvalue weighted by atomic mass is 32.1. The zero-order chi connectivity index (χ0) is 22.7. The number of anilines is 1. The maximum absolute atomic E-state index is 13.0. The molecule has 1 amide bonds. The highest BCUT2D eigenvalue weighted by Gasteiger charge is 2.23. The Kier molecular flexibility index (Phi) is 6.18. The Morgan fingerprint density at radius 3 is 2.62 bits per heavy atom. The molecule has 32 heavy (non-hydrogen) atoms. The molecule has 0 spiro atoms. The van der Waals surface area contributed by atoms with Gasteiger partial charge in [0, 0.05) is 25.0 Å². The second-order valence-electron chi connectivity index (χ2n) is 7.04. The summed E-state index contributed by atoms with van der Waals surface area (Å²) in [4.78, 5) is 30.7. The number of furan rings is 1. The Labute approximate surface area is 189 Å². The Morgan fingerprint density at radius 2 is 1.97 bits per heavy atom. The third kappa shape index (κ3) is 4.47. The first-order valence-corrected chi connectivity index (χ1v) is 11.0. The number of nitrogens with zero attached hydrogens (tertiary/aromatic N) is 4. The number of rotatable bonds is 7. The van der Waals surface area contributed by atoms with Crippen LogP contribution in [0.15, 0.2) is 58.5 Å². The summed E-state index contributed by atoms with van der Waals surface area (Å²) in [6.07, 6.45) is 1.63. The standard InChI is InChI=1S/C23H22N4O4S/c1-4-26(16(3)28)23-24-17(14-32-23)13-30-22(29)19-12-27(18-8-6-5-7-9-18)25-21(19)20-11-10-15(2)31-20/h5-12,14H,4,13H2,1-3H3. The van der Waals surface area contributed by atoms with Crippen molar-refractivity contribution in [3.63, 3.8) is 0 Å². The second kappa shape index (κ2) is 9.19. The molecule has 0 atom stereocenters. The van der Waals surface area contributed by atoms with Crippen LogP contribution in [0.25, 0.3) is 17.1 Å². The highest BCUT2D eigenvalue weighted by molar-refractivity contribution is 7.14. The van der Waals surface area contributed by atoms with E-state index in [1.54, 1.807) is 27.2 Å². The zero-order valence-corrected chi connectivity index (χ0v) is 18.8. The van der Waals surface area contributed by atoms with E-state index >= 15 is 0 Å². The third-order valence-corrected chi connectivity index (χ3v) is 5.66. The summed E-state index contributed by atoms with van der Waals surface area (Å²) in [5.74, 6) is 0.580. The molecule has 9 heteroatoms. The molecular formula is C23H22N4O4S. The van der Waals surface area contributed by atoms with Crippen molar-refractivity contribution in [1.82, 2.24) is 14.8 Å². The third-order valence-electron chi connectivity index (χ3n) is 4.75. The normalized spacial score (nSPS) is 10.8. The van der Waals surface area contributed by atoms with Crippen molar-refractivity contribution < 1.29 is 18.7 Å². The number of carbonyl (C=O) groups is 2. The van der Waals surface area contributed by atoms with Crippen LogP contribution in [-0.2, 0) is 16.1 Å². The van der Waals surface area contributed by atoms with Crippen LogP contribution < -0.4 is 4.90 Å². The largest absolute Gasteiger partial charge is 0.460 e. The molecule has 3 aromatic heterocycles. The van der Waals surface area contributed by atoms with Gasteiger partial charge < -0.3 is 9.15 Å². The van der Waals surface area contributed by atoms with E-state index in [0.717, 1.165) is 11.4 Å². The summed E-state index contributed by atoms with van der Waals surface area (Å²) in [5.41, 5.74) is 2.07. The van der Waals surface area contributed by atoms with Crippen molar-refractivity contribution in [2.45, 2.75) is 27.4 Å². The van der Waals surface area contributed by atoms with Gasteiger partial charge >= 0.3 is 5.97 Å². The van der Waals surface area contributed by atoms with Gasteiger partial charge in [0.1, 0.15) is 23.6 Å². The van der Waals surface area contributed by atoms with Crippen LogP contribution in [0.3, 0.4) is 0 Å². The van der Waals surface area contributed by atoms with Gasteiger partial charge in [-0.05, 0) is 38.1 Å². The number of aryl methyl sites for hydroxylation is 1. The molecule has 0 fully saturated rings. The molecule has 164 valence electrons. The van der Waals surface area contributed by atoms with Gasteiger partial charge in [-0.3, -0.25) is 9.69 Å². The molecule has 1 aromatic carbocycles. The number of aromatic nitrogens is 3. The Morgan fingerprint density at radius 1 is 1.19 bits per heavy atom. The molecule has 0 aliphatic rings. The van der Waals surface area contributed by atoms with E-state index in [9.17, 15) is 9.59 Å². The van der Waals surface area contributed by atoms with Gasteiger partial charge in [-0.1, -0.05) is 18.2 Å². The van der Waals surface area contributed by atoms with Gasteiger partial charge in [-0.25, -0.2) is 14.5 Å². The van der Waals surface area contributed by atoms with Gasteiger partial charge in [0.05, 0.1) is 11.4 Å². The van der Waals surface area contributed by atoms with Crippen LogP contribution in [0.5, 0.6) is 0 Å². The minimum absolute atomic E-state index is 0.0159. The quantitative estimate of drug-likeness (QED) is 0.382. The van der Waals surface area contributed by atoms with Crippen molar-refractivity contribution in [1.29, 1.82) is 0 Å². The van der Waals surface area contributed by atoms with Crippen LogP contribution in [0, 0.1) is 6.92 Å². The number of thiazole rings is 1. The minimum Gasteiger partial charge on any atom is -0.460 e. The monoisotopic (exact) mass is 450 g/mol. The van der Waals surface area contributed by atoms with Crippen LogP contribution in [0.1, 0.15) is 35.7 Å². The van der Waals surface area contributed by atoms with Gasteiger partial charge in [0.25, 0.3) is 0 Å². The lowest BCUT2D eigenvalue weighted by atomic mass is 10.2. The van der Waals surface area contributed by atoms with E-state index in [-0.39, 0.29) is 18.1 Å². The lowest BCUT2D eigenvalue weighted by molar-refractivity contribution is -0.116. The topological polar surface area (TPSA) is 90.5 Å². The first kappa shape index (κ1) is 21.5. The molecule has 4 rings (SSSR count). The van der Waals surface area contributed by atoms with E-state index in [1.165, 1.54) is 18.3 Å². The molecule has 0 N–H and O–H groups in total. The summed E-state index contributed by atoms with van der Waals surface area (Å²) in [6, 6.07) is 13.1. The van der Waals surface area contributed by atoms with Crippen molar-refractivity contribution >= 4 is 28.3 Å². The molecule has 0 unspecified atom stereocenters. The summed E-state index contributed by atoms with van der Waals surface area (Å²) in [5, 5.41) is 6.92. The molecular weight excluding hydrogens is 428 g/mol. The van der Waals surface area contributed by atoms with Crippen LogP contribution in [0.2, 0.25) is 0 Å². The first-order valence-electron chi connectivity index (χ1n) is 10.1. The SMILES string of the molecule is CCN(C(C)=O)c1nc(COC(=O)c2cn(-c3ccccc3)nc2-c2ccc(C)o2)cs1. The number of carbonyl (C=O) groups excluding carboxylic acids is 2. The maximum Gasteiger partial charge on any atom is 0.342 e. The van der Waals surface area contributed by atoms with Crippen LogP contribution in [-0.4, -0.2) is 33.2 Å². The van der Waals surface area contributed by atoms with Crippen molar-refractivity contribution in [3.05, 3.63) is 71.1 Å². The van der Waals surface area contributed by atoms with E-state index in [2.05, 4.69) is 10.1 Å². The van der Waals surface area contributed by atoms with E-state index in [1.807, 2.05) is 50.2 Å². The molecule has 3 heterocycles. The Bertz CT molecular complexity index is 1240. The summed E-state index contributed by atoms with van der Waals surface area (Å²) >= 11 is 1.33. The predicted molar refractivity (Wildman–Crippen MR) is 121 cm³/mol. The highest BCUT2D eigenvalue weighted by Crippen LogP contribution is 2.27. The first-order chi connectivity index (χ1) is 15.5. The van der Waals surface area contributed by atoms with Crippen LogP contribution in [0.4, 0.5) is 5.13 Å². The predicted octanol–water partition coefficient (Wildman–Crippen LogP) is 4.63. The number of amides is 1. The van der Waals surface area contributed by atoms with E-state index in [4.69, 9.17) is 9.15 Å². The fourth-order valence-electron chi connectivity index (χ4n) is 3.18. The molecule has 0 bridgehead atoms. The van der Waals surface area contributed by atoms with Crippen molar-refractivity contribution in [2.75, 3.05) is 11.4 Å². The smallest absolute Gasteiger partial charge is 0.342 e. The minimum atomic E-state index is -0.537. The number of hydrogen-bond acceptors (Lipinski definition) is 7. The zero-order valence-electron chi connectivity index (χ0n) is 17.9. The molecule has 8 nitrogen and oxygen atoms in total. The lowest BCUT2D eigenvalue weighted by Gasteiger charge is -2.14. The number of hydrogen-bond donors (Lipinski definition) is 0. The van der Waals surface area contributed by atoms with Crippen molar-refractivity contribution in [2.24, 2.45) is 0 Å². The number of esters is 1. The van der Waals surface area contributed by atoms with E-state index < -0.39 is 5.97 Å². The molecule has 0 saturated heterocycles. The molecule has 0 aliphatic heterocycles. The molecule has 0 radical (unpaired) electrons. The number of benzene rings is 1. The van der Waals surface area contributed by atoms with Crippen LogP contribution >= 0.6 is 11.3 Å². The molecule has 0 aliphatic carbocycles. The van der Waals surface area contributed by atoms with Gasteiger partial charge in [0.2, 0.25) is 5.91 Å². The lowest BCUT2D eigenvalue weighted by Crippen LogP contribution is -2.27. The Balaban J connectivity index is 1.57. The van der Waals surface area contributed by atoms with Gasteiger partial charge in [-0.15, -0.1) is 11.3 Å². The average molecular weight is 451 g/mol. The fourth-order valence-corrected chi connectivity index (χ4v) is 4.09. The fraction of sp³-hybridized carbons (Fsp3) is 0.217. The average Bonchev–Trinajstić information content (AvgIpc) is 3.52. The number of para-hydroxylation sites is 1. The second-order valence-corrected chi connectivity index (χ2v) is 7.88. The summed E-state index contributed by atoms with van der Waals surface area (Å²) in [6.45, 7) is 5.71. The summed E-state index contributed by atoms with van der Waals surface area (Å²) in [7, 11) is 0. The maximum atomic E-state index is 13.0. The van der Waals surface area contributed by atoms with E-state index in [0.29, 0.717) is 28.8 Å². The van der Waals surface area contributed by atoms with Crippen molar-refractivity contribution in [3.8, 4) is 17.1 Å². The van der Waals surface area contributed by atoms with Gasteiger partial charge in [-0.2, -0.15) is 5.10 Å². The Hall–Kier alpha value is -3.72. The molecule has 4 aromatic rings.